The maximum atomic E-state index is 13.2. The third-order valence-electron chi connectivity index (χ3n) is 6.30. The van der Waals surface area contributed by atoms with Crippen molar-refractivity contribution in [3.05, 3.63) is 145 Å². The number of benzene rings is 4. The molecule has 0 bridgehead atoms. The number of halogens is 6. The van der Waals surface area contributed by atoms with E-state index in [1.807, 2.05) is 0 Å². The van der Waals surface area contributed by atoms with Crippen LogP contribution in [0.25, 0.3) is 16.9 Å². The number of hydrogen-bond acceptors (Lipinski definition) is 2. The summed E-state index contributed by atoms with van der Waals surface area (Å²) in [5.41, 5.74) is -4.51. The fourth-order valence-corrected chi connectivity index (χ4v) is 7.02. The molecule has 4 nitrogen and oxygen atoms in total. The molecule has 4 aromatic carbocycles. The molecule has 0 aliphatic heterocycles. The summed E-state index contributed by atoms with van der Waals surface area (Å²) in [7, 11) is -0.877. The summed E-state index contributed by atoms with van der Waals surface area (Å²) in [6.45, 7) is 0. The molecule has 2 aromatic heterocycles. The molecule has 0 atom stereocenters. The first-order valence-electron chi connectivity index (χ1n) is 12.8. The summed E-state index contributed by atoms with van der Waals surface area (Å²) < 4.78 is 80.1. The fourth-order valence-electron chi connectivity index (χ4n) is 4.44. The molecule has 226 valence electrons. The predicted molar refractivity (Wildman–Crippen MR) is 155 cm³/mol. The fraction of sp³-hybridized carbons (Fsp3) is 0.0625. The van der Waals surface area contributed by atoms with Gasteiger partial charge in [0.05, 0.1) is 7.92 Å². The van der Waals surface area contributed by atoms with Crippen LogP contribution in [0.3, 0.4) is 0 Å². The van der Waals surface area contributed by atoms with E-state index in [2.05, 4.69) is 112 Å². The van der Waals surface area contributed by atoms with Crippen LogP contribution in [0.5, 0.6) is 0 Å². The molecule has 2 heterocycles. The zero-order valence-corrected chi connectivity index (χ0v) is 25.8. The van der Waals surface area contributed by atoms with E-state index in [0.29, 0.717) is 0 Å². The third-order valence-corrected chi connectivity index (χ3v) is 9.04. The van der Waals surface area contributed by atoms with Crippen molar-refractivity contribution in [3.8, 4) is 16.9 Å². The Morgan fingerprint density at radius 2 is 1.18 bits per heavy atom. The standard InChI is InChI=1S/C18H15P.C14H6F6N4.Pt/c1-4-10-16(11-5-1)19(17-12-6-2-7-13-17)18-14-8-3-9-15-18;15-13(16,17)9-5-10(14(18,19)20)12(24-3-1-2-23-24)4-8(9)11-6-21-7-22-11;/h1-15H;1-3,5-7H;/q;-2;+2/p+1. The van der Waals surface area contributed by atoms with Crippen LogP contribution in [0.2, 0.25) is 0 Å². The van der Waals surface area contributed by atoms with E-state index in [1.54, 1.807) is 0 Å². The maximum Gasteiger partial charge on any atom is 2.00 e. The van der Waals surface area contributed by atoms with Gasteiger partial charge in [0.25, 0.3) is 0 Å². The summed E-state index contributed by atoms with van der Waals surface area (Å²) in [5, 5.41) is 7.95. The summed E-state index contributed by atoms with van der Waals surface area (Å²) in [6.07, 6.45) is -5.65. The van der Waals surface area contributed by atoms with Crippen molar-refractivity contribution in [1.29, 1.82) is 0 Å². The second kappa shape index (κ2) is 14.2. The maximum absolute atomic E-state index is 13.2. The van der Waals surface area contributed by atoms with Gasteiger partial charge in [-0.25, -0.2) is 0 Å². The normalized spacial score (nSPS) is 11.4. The van der Waals surface area contributed by atoms with Gasteiger partial charge in [-0.05, 0) is 59.3 Å². The van der Waals surface area contributed by atoms with Gasteiger partial charge in [-0.3, -0.25) is 4.68 Å². The molecule has 0 saturated carbocycles. The van der Waals surface area contributed by atoms with E-state index in [4.69, 9.17) is 0 Å². The zero-order chi connectivity index (χ0) is 30.5. The van der Waals surface area contributed by atoms with Crippen LogP contribution in [0.15, 0.2) is 128 Å². The van der Waals surface area contributed by atoms with Crippen molar-refractivity contribution in [1.82, 2.24) is 19.7 Å². The van der Waals surface area contributed by atoms with Crippen molar-refractivity contribution >= 4 is 23.8 Å². The topological polar surface area (TPSA) is 44.8 Å². The first-order chi connectivity index (χ1) is 20.6. The second-order valence-corrected chi connectivity index (χ2v) is 11.6. The molecule has 0 aliphatic carbocycles. The smallest absolute Gasteiger partial charge is 0.489 e. The predicted octanol–water partition coefficient (Wildman–Crippen LogP) is 6.90. The Morgan fingerprint density at radius 1 is 0.682 bits per heavy atom. The van der Waals surface area contributed by atoms with Crippen molar-refractivity contribution in [3.63, 3.8) is 0 Å². The van der Waals surface area contributed by atoms with E-state index in [-0.39, 0.29) is 32.8 Å². The van der Waals surface area contributed by atoms with Gasteiger partial charge in [-0.2, -0.15) is 31.4 Å². The van der Waals surface area contributed by atoms with Crippen LogP contribution in [0.1, 0.15) is 11.1 Å². The van der Waals surface area contributed by atoms with E-state index in [1.165, 1.54) is 34.4 Å². The largest absolute Gasteiger partial charge is 2.00 e. The molecule has 44 heavy (non-hydrogen) atoms. The van der Waals surface area contributed by atoms with Gasteiger partial charge in [0, 0.05) is 12.4 Å². The van der Waals surface area contributed by atoms with Crippen molar-refractivity contribution in [2.75, 3.05) is 0 Å². The molecule has 6 rings (SSSR count). The zero-order valence-electron chi connectivity index (χ0n) is 22.5. The van der Waals surface area contributed by atoms with E-state index in [0.717, 1.165) is 17.2 Å². The number of imidazole rings is 1. The molecule has 0 fully saturated rings. The van der Waals surface area contributed by atoms with Crippen molar-refractivity contribution in [2.45, 2.75) is 12.4 Å². The monoisotopic (exact) mass is 802 g/mol. The molecule has 0 aliphatic rings. The number of rotatable bonds is 5. The van der Waals surface area contributed by atoms with Crippen molar-refractivity contribution < 1.29 is 47.4 Å². The number of aromatic nitrogens is 4. The van der Waals surface area contributed by atoms with Crippen LogP contribution >= 0.6 is 7.92 Å². The van der Waals surface area contributed by atoms with Crippen LogP contribution < -0.4 is 20.9 Å². The average molecular weight is 803 g/mol. The Balaban J connectivity index is 0.000000201. The molecule has 0 N–H and O–H groups in total. The summed E-state index contributed by atoms with van der Waals surface area (Å²) in [5.74, 6) is 0. The van der Waals surface area contributed by atoms with Gasteiger partial charge in [0.1, 0.15) is 15.9 Å². The molecule has 0 radical (unpaired) electrons. The molecule has 0 amide bonds. The average Bonchev–Trinajstić information content (AvgIpc) is 3.73. The van der Waals surface area contributed by atoms with E-state index >= 15 is 0 Å². The van der Waals surface area contributed by atoms with Crippen LogP contribution in [0, 0.1) is 6.07 Å². The van der Waals surface area contributed by atoms with Gasteiger partial charge in [-0.15, -0.1) is 35.9 Å². The minimum atomic E-state index is -5.02. The van der Waals surface area contributed by atoms with Gasteiger partial charge in [0.2, 0.25) is 0 Å². The number of hydrogen-bond donors (Lipinski definition) is 0. The summed E-state index contributed by atoms with van der Waals surface area (Å²) in [4.78, 5) is 7.16. The molecular weight excluding hydrogens is 780 g/mol. The van der Waals surface area contributed by atoms with Gasteiger partial charge < -0.3 is 9.97 Å². The molecular formula is C32H22F6N4PPt+. The Bertz CT molecular complexity index is 1570. The number of alkyl halides is 6. The van der Waals surface area contributed by atoms with Crippen molar-refractivity contribution in [2.24, 2.45) is 0 Å². The SMILES string of the molecule is FC(F)(F)c1cc(C(F)(F)F)c(-n2cccn2)[c-]c1-c1cnc[n-]1.[Pt+2].c1ccc([PH+](c2ccccc2)c2ccccc2)cc1. The van der Waals surface area contributed by atoms with Gasteiger partial charge in [-0.1, -0.05) is 54.6 Å². The first-order valence-corrected chi connectivity index (χ1v) is 14.3. The Kier molecular flexibility index (Phi) is 10.6. The minimum Gasteiger partial charge on any atom is -0.489 e. The third kappa shape index (κ3) is 7.74. The Labute approximate surface area is 264 Å². The van der Waals surface area contributed by atoms with E-state index in [9.17, 15) is 26.3 Å². The molecule has 0 unspecified atom stereocenters. The molecule has 0 saturated heterocycles. The molecule has 6 aromatic rings. The molecule has 0 spiro atoms. The van der Waals surface area contributed by atoms with Gasteiger partial charge >= 0.3 is 33.4 Å². The van der Waals surface area contributed by atoms with Gasteiger partial charge in [0.15, 0.2) is 0 Å². The molecule has 12 heteroatoms. The number of nitrogens with zero attached hydrogens (tertiary/aromatic N) is 4. The Hall–Kier alpha value is -4.00. The van der Waals surface area contributed by atoms with Crippen LogP contribution in [0.4, 0.5) is 26.3 Å². The summed E-state index contributed by atoms with van der Waals surface area (Å²) in [6, 6.07) is 36.0. The minimum absolute atomic E-state index is 0. The first kappa shape index (κ1) is 32.9. The van der Waals surface area contributed by atoms with Crippen LogP contribution in [-0.2, 0) is 33.4 Å². The quantitative estimate of drug-likeness (QED) is 0.108. The summed E-state index contributed by atoms with van der Waals surface area (Å²) >= 11 is 0. The second-order valence-electron chi connectivity index (χ2n) is 9.15. The van der Waals surface area contributed by atoms with E-state index < -0.39 is 42.7 Å². The van der Waals surface area contributed by atoms with Crippen LogP contribution in [-0.4, -0.2) is 14.8 Å². The Morgan fingerprint density at radius 3 is 1.57 bits per heavy atom.